The molecule has 0 bridgehead atoms. The van der Waals surface area contributed by atoms with Crippen LogP contribution in [0, 0.1) is 5.82 Å². The third kappa shape index (κ3) is 7.23. The van der Waals surface area contributed by atoms with E-state index in [0.717, 1.165) is 37.6 Å². The Hall–Kier alpha value is -3.55. The molecule has 3 rings (SSSR count). The summed E-state index contributed by atoms with van der Waals surface area (Å²) < 4.78 is 127. The van der Waals surface area contributed by atoms with Gasteiger partial charge >= 0.3 is 12.4 Å². The van der Waals surface area contributed by atoms with E-state index in [1.54, 1.807) is 4.72 Å². The van der Waals surface area contributed by atoms with E-state index in [0.29, 0.717) is 0 Å². The van der Waals surface area contributed by atoms with Crippen molar-refractivity contribution in [3.8, 4) is 22.8 Å². The third-order valence-electron chi connectivity index (χ3n) is 4.57. The Morgan fingerprint density at radius 1 is 1.00 bits per heavy atom. The van der Waals surface area contributed by atoms with Crippen molar-refractivity contribution in [2.75, 3.05) is 17.6 Å². The summed E-state index contributed by atoms with van der Waals surface area (Å²) in [6.45, 7) is -0.279. The molecule has 0 aliphatic carbocycles. The summed E-state index contributed by atoms with van der Waals surface area (Å²) in [5, 5.41) is 0. The molecule has 0 fully saturated rings. The molecular formula is C22H17F7N2O4S. The number of alkyl halides is 6. The number of hydrogen-bond acceptors (Lipinski definition) is 5. The molecule has 0 saturated carbocycles. The fraction of sp³-hybridized carbons (Fsp3) is 0.227. The Morgan fingerprint density at radius 3 is 2.36 bits per heavy atom. The summed E-state index contributed by atoms with van der Waals surface area (Å²) in [5.74, 6) is -3.28. The first-order valence-corrected chi connectivity index (χ1v) is 11.5. The molecule has 1 aromatic heterocycles. The van der Waals surface area contributed by atoms with Crippen molar-refractivity contribution in [3.05, 3.63) is 71.7 Å². The molecule has 0 radical (unpaired) electrons. The smallest absolute Gasteiger partial charge is 0.416 e. The van der Waals surface area contributed by atoms with Gasteiger partial charge in [-0.1, -0.05) is 12.1 Å². The van der Waals surface area contributed by atoms with E-state index in [-0.39, 0.29) is 34.9 Å². The molecule has 2 aromatic carbocycles. The summed E-state index contributed by atoms with van der Waals surface area (Å²) in [6, 6.07) is 8.84. The topological polar surface area (TPSA) is 77.5 Å². The van der Waals surface area contributed by atoms with Crippen LogP contribution < -0.4 is 14.2 Å². The van der Waals surface area contributed by atoms with Gasteiger partial charge in [0, 0.05) is 17.3 Å². The number of nitrogens with one attached hydrogen (secondary N) is 1. The average Bonchev–Trinajstić information content (AvgIpc) is 2.76. The van der Waals surface area contributed by atoms with Crippen LogP contribution in [0.5, 0.6) is 11.6 Å². The van der Waals surface area contributed by atoms with Crippen molar-refractivity contribution in [2.45, 2.75) is 19.0 Å². The van der Waals surface area contributed by atoms with Gasteiger partial charge in [-0.2, -0.15) is 26.3 Å². The quantitative estimate of drug-likeness (QED) is 0.367. The maximum absolute atomic E-state index is 14.6. The second-order valence-corrected chi connectivity index (χ2v) is 9.11. The monoisotopic (exact) mass is 538 g/mol. The first kappa shape index (κ1) is 27.0. The number of hydrogen-bond donors (Lipinski definition) is 1. The van der Waals surface area contributed by atoms with Crippen LogP contribution in [0.4, 0.5) is 36.4 Å². The highest BCUT2D eigenvalue weighted by molar-refractivity contribution is 7.92. The SMILES string of the molecule is COc1ncc(-c2cc(OCc3cccc(C(F)(F)F)c3)ccc2F)cc1NS(=O)(=O)CC(F)(F)F. The second kappa shape index (κ2) is 10.2. The minimum atomic E-state index is -5.01. The minimum absolute atomic E-state index is 0.0393. The molecule has 1 heterocycles. The lowest BCUT2D eigenvalue weighted by molar-refractivity contribution is -0.137. The van der Waals surface area contributed by atoms with E-state index in [1.165, 1.54) is 24.3 Å². The second-order valence-electron chi connectivity index (χ2n) is 7.39. The van der Waals surface area contributed by atoms with Crippen molar-refractivity contribution in [1.29, 1.82) is 0 Å². The third-order valence-corrected chi connectivity index (χ3v) is 5.81. The zero-order chi connectivity index (χ0) is 26.7. The number of anilines is 1. The van der Waals surface area contributed by atoms with Gasteiger partial charge < -0.3 is 9.47 Å². The molecule has 0 aliphatic heterocycles. The first-order valence-electron chi connectivity index (χ1n) is 9.87. The Labute approximate surface area is 200 Å². The van der Waals surface area contributed by atoms with Gasteiger partial charge in [0.1, 0.15) is 23.9 Å². The lowest BCUT2D eigenvalue weighted by Gasteiger charge is -2.14. The highest BCUT2D eigenvalue weighted by Crippen LogP contribution is 2.34. The Balaban J connectivity index is 1.87. The normalized spacial score (nSPS) is 12.3. The van der Waals surface area contributed by atoms with Gasteiger partial charge in [0.25, 0.3) is 0 Å². The molecule has 194 valence electrons. The number of rotatable bonds is 8. The molecule has 0 atom stereocenters. The molecule has 14 heteroatoms. The van der Waals surface area contributed by atoms with Crippen molar-refractivity contribution in [3.63, 3.8) is 0 Å². The summed E-state index contributed by atoms with van der Waals surface area (Å²) in [6.07, 6.45) is -8.46. The van der Waals surface area contributed by atoms with Crippen LogP contribution in [-0.4, -0.2) is 32.4 Å². The van der Waals surface area contributed by atoms with Gasteiger partial charge in [0.15, 0.2) is 5.75 Å². The summed E-state index contributed by atoms with van der Waals surface area (Å²) in [4.78, 5) is 3.81. The number of aromatic nitrogens is 1. The number of methoxy groups -OCH3 is 1. The van der Waals surface area contributed by atoms with Crippen molar-refractivity contribution in [2.24, 2.45) is 0 Å². The highest BCUT2D eigenvalue weighted by Gasteiger charge is 2.35. The van der Waals surface area contributed by atoms with E-state index in [9.17, 15) is 39.2 Å². The first-order chi connectivity index (χ1) is 16.7. The average molecular weight is 538 g/mol. The molecule has 3 aromatic rings. The maximum atomic E-state index is 14.6. The fourth-order valence-corrected chi connectivity index (χ4v) is 4.06. The van der Waals surface area contributed by atoms with E-state index < -0.39 is 45.2 Å². The number of ether oxygens (including phenoxy) is 2. The molecule has 0 spiro atoms. The largest absolute Gasteiger partial charge is 0.489 e. The number of benzene rings is 2. The predicted molar refractivity (Wildman–Crippen MR) is 115 cm³/mol. The highest BCUT2D eigenvalue weighted by atomic mass is 32.2. The van der Waals surface area contributed by atoms with Gasteiger partial charge in [-0.05, 0) is 42.0 Å². The number of sulfonamides is 1. The van der Waals surface area contributed by atoms with Gasteiger partial charge in [0.2, 0.25) is 15.9 Å². The number of pyridine rings is 1. The predicted octanol–water partition coefficient (Wildman–Crippen LogP) is 5.80. The van der Waals surface area contributed by atoms with Crippen LogP contribution in [0.25, 0.3) is 11.1 Å². The molecule has 36 heavy (non-hydrogen) atoms. The van der Waals surface area contributed by atoms with E-state index >= 15 is 0 Å². The van der Waals surface area contributed by atoms with Crippen LogP contribution in [0.1, 0.15) is 11.1 Å². The van der Waals surface area contributed by atoms with Crippen molar-refractivity contribution < 1.29 is 48.6 Å². The summed E-state index contributed by atoms with van der Waals surface area (Å²) in [7, 11) is -3.79. The van der Waals surface area contributed by atoms with Crippen LogP contribution in [0.3, 0.4) is 0 Å². The lowest BCUT2D eigenvalue weighted by atomic mass is 10.1. The van der Waals surface area contributed by atoms with Gasteiger partial charge in [-0.25, -0.2) is 17.8 Å². The maximum Gasteiger partial charge on any atom is 0.416 e. The molecular weight excluding hydrogens is 521 g/mol. The van der Waals surface area contributed by atoms with Crippen molar-refractivity contribution in [1.82, 2.24) is 4.98 Å². The molecule has 0 unspecified atom stereocenters. The molecule has 6 nitrogen and oxygen atoms in total. The number of nitrogens with zero attached hydrogens (tertiary/aromatic N) is 1. The molecule has 0 saturated heterocycles. The van der Waals surface area contributed by atoms with Crippen LogP contribution in [0.2, 0.25) is 0 Å². The van der Waals surface area contributed by atoms with E-state index in [2.05, 4.69) is 4.98 Å². The Kier molecular flexibility index (Phi) is 7.67. The Bertz CT molecular complexity index is 1340. The minimum Gasteiger partial charge on any atom is -0.489 e. The molecule has 0 aliphatic rings. The van der Waals surface area contributed by atoms with Crippen LogP contribution >= 0.6 is 0 Å². The van der Waals surface area contributed by atoms with Crippen molar-refractivity contribution >= 4 is 15.7 Å². The van der Waals surface area contributed by atoms with Gasteiger partial charge in [0.05, 0.1) is 12.7 Å². The van der Waals surface area contributed by atoms with Crippen LogP contribution in [-0.2, 0) is 22.8 Å². The van der Waals surface area contributed by atoms with E-state index in [4.69, 9.17) is 9.47 Å². The van der Waals surface area contributed by atoms with Gasteiger partial charge in [-0.3, -0.25) is 4.72 Å². The van der Waals surface area contributed by atoms with E-state index in [1.807, 2.05) is 0 Å². The van der Waals surface area contributed by atoms with Gasteiger partial charge in [-0.15, -0.1) is 0 Å². The standard InChI is InChI=1S/C22H17F7N2O4S/c1-34-20-19(31-36(32,33)12-21(24,25)26)8-14(10-30-20)17-9-16(5-6-18(17)23)35-11-13-3-2-4-15(7-13)22(27,28)29/h2-10,31H,11-12H2,1H3. The molecule has 1 N–H and O–H groups in total. The summed E-state index contributed by atoms with van der Waals surface area (Å²) >= 11 is 0. The Morgan fingerprint density at radius 2 is 1.72 bits per heavy atom. The fourth-order valence-electron chi connectivity index (χ4n) is 3.07. The lowest BCUT2D eigenvalue weighted by Crippen LogP contribution is -2.28. The number of halogens is 7. The zero-order valence-corrected chi connectivity index (χ0v) is 19.1. The molecule has 0 amide bonds. The zero-order valence-electron chi connectivity index (χ0n) is 18.2. The van der Waals surface area contributed by atoms with Crippen LogP contribution in [0.15, 0.2) is 54.7 Å². The summed E-state index contributed by atoms with van der Waals surface area (Å²) in [5.41, 5.74) is -1.34.